The number of anilines is 2. The maximum absolute atomic E-state index is 13.8. The summed E-state index contributed by atoms with van der Waals surface area (Å²) in [6, 6.07) is 10.5. The highest BCUT2D eigenvalue weighted by Gasteiger charge is 2.17. The average molecular weight is 263 g/mol. The smallest absolute Gasteiger partial charge is 0.131 e. The second-order valence-corrected chi connectivity index (χ2v) is 4.38. The Balaban J connectivity index is 2.46. The molecule has 0 saturated heterocycles. The average Bonchev–Trinajstić information content (AvgIpc) is 2.38. The summed E-state index contributed by atoms with van der Waals surface area (Å²) in [4.78, 5) is 1.71. The van der Waals surface area contributed by atoms with Crippen LogP contribution in [0.3, 0.4) is 0 Å². The number of hydrogen-bond donors (Lipinski definition) is 1. The molecule has 0 saturated carbocycles. The Kier molecular flexibility index (Phi) is 3.81. The lowest BCUT2D eigenvalue weighted by molar-refractivity contribution is 0.194. The molecular weight excluding hydrogens is 248 g/mol. The van der Waals surface area contributed by atoms with Gasteiger partial charge in [-0.25, -0.2) is 8.78 Å². The van der Waals surface area contributed by atoms with Gasteiger partial charge < -0.3 is 10.0 Å². The van der Waals surface area contributed by atoms with Crippen molar-refractivity contribution in [2.75, 3.05) is 11.9 Å². The Labute approximate surface area is 110 Å². The fourth-order valence-electron chi connectivity index (χ4n) is 2.04. The van der Waals surface area contributed by atoms with Crippen LogP contribution in [-0.2, 0) is 0 Å². The van der Waals surface area contributed by atoms with Crippen molar-refractivity contribution in [3.05, 3.63) is 59.7 Å². The molecule has 0 aliphatic carbocycles. The molecule has 0 aliphatic heterocycles. The molecule has 0 aliphatic rings. The van der Waals surface area contributed by atoms with Gasteiger partial charge in [0.15, 0.2) is 0 Å². The largest absolute Gasteiger partial charge is 0.389 e. The first-order chi connectivity index (χ1) is 9.00. The molecule has 0 unspecified atom stereocenters. The summed E-state index contributed by atoms with van der Waals surface area (Å²) in [5, 5.41) is 9.70. The number of benzene rings is 2. The number of aliphatic hydroxyl groups is 1. The Morgan fingerprint density at radius 3 is 2.26 bits per heavy atom. The maximum Gasteiger partial charge on any atom is 0.131 e. The topological polar surface area (TPSA) is 23.5 Å². The summed E-state index contributed by atoms with van der Waals surface area (Å²) in [6.45, 7) is 1.51. The Bertz CT molecular complexity index is 567. The van der Waals surface area contributed by atoms with Crippen molar-refractivity contribution >= 4 is 11.4 Å². The van der Waals surface area contributed by atoms with Crippen molar-refractivity contribution in [3.8, 4) is 0 Å². The van der Waals surface area contributed by atoms with E-state index in [0.717, 1.165) is 0 Å². The van der Waals surface area contributed by atoms with E-state index >= 15 is 0 Å². The quantitative estimate of drug-likeness (QED) is 0.910. The maximum atomic E-state index is 13.8. The summed E-state index contributed by atoms with van der Waals surface area (Å²) in [6.07, 6.45) is -0.918. The standard InChI is InChI=1S/C15H15F2NO/c1-10(19)15-13(17)4-3-5-14(15)18(2)12-8-6-11(16)7-9-12/h3-10,19H,1-2H3/t10-/m1/s1. The van der Waals surface area contributed by atoms with E-state index < -0.39 is 11.9 Å². The Hall–Kier alpha value is -1.94. The lowest BCUT2D eigenvalue weighted by atomic mass is 10.1. The van der Waals surface area contributed by atoms with Gasteiger partial charge in [0.05, 0.1) is 6.10 Å². The van der Waals surface area contributed by atoms with Crippen LogP contribution in [0.2, 0.25) is 0 Å². The zero-order chi connectivity index (χ0) is 14.0. The summed E-state index contributed by atoms with van der Waals surface area (Å²) in [5.41, 5.74) is 1.50. The third-order valence-corrected chi connectivity index (χ3v) is 3.02. The highest BCUT2D eigenvalue weighted by atomic mass is 19.1. The van der Waals surface area contributed by atoms with E-state index in [4.69, 9.17) is 0 Å². The number of nitrogens with zero attached hydrogens (tertiary/aromatic N) is 1. The molecule has 0 fully saturated rings. The summed E-state index contributed by atoms with van der Waals surface area (Å²) >= 11 is 0. The van der Waals surface area contributed by atoms with Gasteiger partial charge in [0, 0.05) is 24.0 Å². The zero-order valence-electron chi connectivity index (χ0n) is 10.8. The fraction of sp³-hybridized carbons (Fsp3) is 0.200. The molecule has 0 amide bonds. The third kappa shape index (κ3) is 2.74. The molecule has 1 atom stereocenters. The first kappa shape index (κ1) is 13.5. The number of rotatable bonds is 3. The summed E-state index contributed by atoms with van der Waals surface area (Å²) in [5.74, 6) is -0.784. The zero-order valence-corrected chi connectivity index (χ0v) is 10.8. The number of halogens is 2. The molecule has 4 heteroatoms. The van der Waals surface area contributed by atoms with Crippen molar-refractivity contribution in [1.29, 1.82) is 0 Å². The monoisotopic (exact) mass is 263 g/mol. The molecule has 2 aromatic carbocycles. The van der Waals surface area contributed by atoms with E-state index in [2.05, 4.69) is 0 Å². The Morgan fingerprint density at radius 1 is 1.05 bits per heavy atom. The molecule has 0 radical (unpaired) electrons. The van der Waals surface area contributed by atoms with E-state index in [1.807, 2.05) is 0 Å². The van der Waals surface area contributed by atoms with Crippen LogP contribution in [0.25, 0.3) is 0 Å². The predicted molar refractivity (Wildman–Crippen MR) is 71.5 cm³/mol. The van der Waals surface area contributed by atoms with E-state index in [1.54, 1.807) is 36.2 Å². The van der Waals surface area contributed by atoms with Gasteiger partial charge in [0.25, 0.3) is 0 Å². The number of hydrogen-bond acceptors (Lipinski definition) is 2. The molecule has 2 rings (SSSR count). The normalized spacial score (nSPS) is 12.3. The van der Waals surface area contributed by atoms with Crippen LogP contribution < -0.4 is 4.90 Å². The second kappa shape index (κ2) is 5.36. The molecule has 0 heterocycles. The molecule has 0 aromatic heterocycles. The van der Waals surface area contributed by atoms with Crippen LogP contribution in [-0.4, -0.2) is 12.2 Å². The molecule has 100 valence electrons. The minimum absolute atomic E-state index is 0.231. The first-order valence-electron chi connectivity index (χ1n) is 5.96. The van der Waals surface area contributed by atoms with Gasteiger partial charge in [-0.1, -0.05) is 6.07 Å². The van der Waals surface area contributed by atoms with Crippen molar-refractivity contribution in [1.82, 2.24) is 0 Å². The van der Waals surface area contributed by atoms with Crippen LogP contribution in [0.1, 0.15) is 18.6 Å². The minimum Gasteiger partial charge on any atom is -0.389 e. The SMILES string of the molecule is C[C@@H](O)c1c(F)cccc1N(C)c1ccc(F)cc1. The van der Waals surface area contributed by atoms with E-state index in [1.165, 1.54) is 25.1 Å². The van der Waals surface area contributed by atoms with Crippen LogP contribution >= 0.6 is 0 Å². The third-order valence-electron chi connectivity index (χ3n) is 3.02. The van der Waals surface area contributed by atoms with Gasteiger partial charge in [-0.2, -0.15) is 0 Å². The second-order valence-electron chi connectivity index (χ2n) is 4.38. The molecule has 19 heavy (non-hydrogen) atoms. The predicted octanol–water partition coefficient (Wildman–Crippen LogP) is 3.79. The van der Waals surface area contributed by atoms with Gasteiger partial charge >= 0.3 is 0 Å². The van der Waals surface area contributed by atoms with Crippen LogP contribution in [0.15, 0.2) is 42.5 Å². The molecule has 0 bridgehead atoms. The number of aliphatic hydroxyl groups excluding tert-OH is 1. The highest BCUT2D eigenvalue weighted by Crippen LogP contribution is 2.32. The van der Waals surface area contributed by atoms with Gasteiger partial charge in [-0.05, 0) is 43.3 Å². The first-order valence-corrected chi connectivity index (χ1v) is 5.96. The van der Waals surface area contributed by atoms with Gasteiger partial charge in [0.2, 0.25) is 0 Å². The van der Waals surface area contributed by atoms with Crippen LogP contribution in [0, 0.1) is 11.6 Å². The van der Waals surface area contributed by atoms with E-state index in [0.29, 0.717) is 11.4 Å². The lowest BCUT2D eigenvalue weighted by Crippen LogP contribution is -2.14. The van der Waals surface area contributed by atoms with E-state index in [9.17, 15) is 13.9 Å². The lowest BCUT2D eigenvalue weighted by Gasteiger charge is -2.24. The highest BCUT2D eigenvalue weighted by molar-refractivity contribution is 5.66. The van der Waals surface area contributed by atoms with Crippen molar-refractivity contribution in [2.45, 2.75) is 13.0 Å². The molecule has 2 nitrogen and oxygen atoms in total. The fourth-order valence-corrected chi connectivity index (χ4v) is 2.04. The molecule has 0 spiro atoms. The van der Waals surface area contributed by atoms with Crippen LogP contribution in [0.5, 0.6) is 0 Å². The van der Waals surface area contributed by atoms with Crippen LogP contribution in [0.4, 0.5) is 20.2 Å². The van der Waals surface area contributed by atoms with Gasteiger partial charge in [-0.15, -0.1) is 0 Å². The summed E-state index contributed by atoms with van der Waals surface area (Å²) in [7, 11) is 1.74. The van der Waals surface area contributed by atoms with Crippen molar-refractivity contribution in [3.63, 3.8) is 0 Å². The van der Waals surface area contributed by atoms with Crippen molar-refractivity contribution in [2.24, 2.45) is 0 Å². The molecular formula is C15H15F2NO. The Morgan fingerprint density at radius 2 is 1.68 bits per heavy atom. The van der Waals surface area contributed by atoms with E-state index in [-0.39, 0.29) is 11.4 Å². The van der Waals surface area contributed by atoms with Crippen molar-refractivity contribution < 1.29 is 13.9 Å². The van der Waals surface area contributed by atoms with Gasteiger partial charge in [-0.3, -0.25) is 0 Å². The minimum atomic E-state index is -0.918. The van der Waals surface area contributed by atoms with Gasteiger partial charge in [0.1, 0.15) is 11.6 Å². The molecule has 1 N–H and O–H groups in total. The molecule has 2 aromatic rings. The summed E-state index contributed by atoms with van der Waals surface area (Å²) < 4.78 is 26.7.